The molecule has 1 aliphatic heterocycles. The fourth-order valence-corrected chi connectivity index (χ4v) is 2.20. The van der Waals surface area contributed by atoms with Gasteiger partial charge in [-0.2, -0.15) is 0 Å². The lowest BCUT2D eigenvalue weighted by Crippen LogP contribution is -2.47. The smallest absolute Gasteiger partial charge is 0.253 e. The summed E-state index contributed by atoms with van der Waals surface area (Å²) in [5.74, 6) is -0.270. The van der Waals surface area contributed by atoms with Crippen molar-refractivity contribution in [2.24, 2.45) is 0 Å². The van der Waals surface area contributed by atoms with E-state index in [4.69, 9.17) is 10.5 Å². The van der Waals surface area contributed by atoms with Crippen LogP contribution in [0.5, 0.6) is 0 Å². The Morgan fingerprint density at radius 2 is 2.37 bits per heavy atom. The average molecular weight is 264 g/mol. The first-order chi connectivity index (χ1) is 8.92. The predicted octanol–water partition coefficient (Wildman–Crippen LogP) is 0.847. The molecule has 5 nitrogen and oxygen atoms in total. The fourth-order valence-electron chi connectivity index (χ4n) is 2.20. The van der Waals surface area contributed by atoms with Crippen molar-refractivity contribution >= 4 is 11.6 Å². The van der Waals surface area contributed by atoms with Gasteiger partial charge in [0.05, 0.1) is 11.7 Å². The molecule has 1 amide bonds. The maximum absolute atomic E-state index is 12.1. The largest absolute Gasteiger partial charge is 0.398 e. The number of carbonyl (C=O) groups excluding carboxylic acids is 1. The molecule has 1 heterocycles. The molecule has 2 atom stereocenters. The molecular weight excluding hydrogens is 244 g/mol. The molecule has 2 unspecified atom stereocenters. The minimum atomic E-state index is -0.992. The predicted molar refractivity (Wildman–Crippen MR) is 72.9 cm³/mol. The van der Waals surface area contributed by atoms with E-state index in [1.54, 1.807) is 19.1 Å². The van der Waals surface area contributed by atoms with Crippen molar-refractivity contribution in [3.05, 3.63) is 29.3 Å². The number of rotatable bonds is 3. The van der Waals surface area contributed by atoms with Crippen LogP contribution in [-0.2, 0) is 4.74 Å². The molecule has 2 rings (SSSR count). The molecule has 0 spiro atoms. The number of anilines is 1. The van der Waals surface area contributed by atoms with Gasteiger partial charge in [0.15, 0.2) is 0 Å². The molecule has 1 aliphatic rings. The molecule has 0 bridgehead atoms. The fraction of sp³-hybridized carbons (Fsp3) is 0.500. The van der Waals surface area contributed by atoms with Crippen molar-refractivity contribution in [3.63, 3.8) is 0 Å². The number of aliphatic hydroxyl groups is 1. The average Bonchev–Trinajstić information content (AvgIpc) is 2.70. The number of nitrogens with two attached hydrogens (primary N) is 1. The van der Waals surface area contributed by atoms with Crippen LogP contribution in [0.25, 0.3) is 0 Å². The third kappa shape index (κ3) is 2.88. The van der Waals surface area contributed by atoms with Crippen LogP contribution in [0.2, 0.25) is 0 Å². The van der Waals surface area contributed by atoms with Crippen molar-refractivity contribution in [3.8, 4) is 0 Å². The molecule has 5 heteroatoms. The summed E-state index contributed by atoms with van der Waals surface area (Å²) in [5.41, 5.74) is 6.64. The first-order valence-electron chi connectivity index (χ1n) is 6.41. The maximum atomic E-state index is 12.1. The van der Waals surface area contributed by atoms with E-state index in [1.165, 1.54) is 0 Å². The topological polar surface area (TPSA) is 84.6 Å². The summed E-state index contributed by atoms with van der Waals surface area (Å²) in [7, 11) is 0. The Morgan fingerprint density at radius 1 is 1.63 bits per heavy atom. The lowest BCUT2D eigenvalue weighted by molar-refractivity contribution is -0.0251. The van der Waals surface area contributed by atoms with Gasteiger partial charge in [-0.05, 0) is 26.0 Å². The second kappa shape index (κ2) is 5.19. The number of nitrogen functional groups attached to an aromatic ring is 1. The van der Waals surface area contributed by atoms with Gasteiger partial charge in [0.2, 0.25) is 0 Å². The minimum absolute atomic E-state index is 0.167. The molecule has 1 fully saturated rings. The van der Waals surface area contributed by atoms with Gasteiger partial charge in [-0.1, -0.05) is 11.6 Å². The first kappa shape index (κ1) is 13.8. The zero-order valence-corrected chi connectivity index (χ0v) is 11.3. The van der Waals surface area contributed by atoms with Crippen molar-refractivity contribution in [2.75, 3.05) is 18.9 Å². The van der Waals surface area contributed by atoms with Gasteiger partial charge in [-0.15, -0.1) is 0 Å². The third-order valence-electron chi connectivity index (χ3n) is 3.67. The molecule has 19 heavy (non-hydrogen) atoms. The van der Waals surface area contributed by atoms with E-state index in [0.29, 0.717) is 24.3 Å². The van der Waals surface area contributed by atoms with Crippen molar-refractivity contribution in [1.82, 2.24) is 5.32 Å². The number of benzene rings is 1. The highest BCUT2D eigenvalue weighted by atomic mass is 16.5. The number of hydrogen-bond donors (Lipinski definition) is 3. The molecule has 0 aromatic heterocycles. The van der Waals surface area contributed by atoms with Crippen molar-refractivity contribution < 1.29 is 14.6 Å². The Bertz CT molecular complexity index is 490. The van der Waals surface area contributed by atoms with Gasteiger partial charge in [0.1, 0.15) is 5.60 Å². The van der Waals surface area contributed by atoms with E-state index in [2.05, 4.69) is 5.32 Å². The molecular formula is C14H20N2O3. The molecule has 1 saturated heterocycles. The summed E-state index contributed by atoms with van der Waals surface area (Å²) >= 11 is 0. The van der Waals surface area contributed by atoms with Gasteiger partial charge in [0.25, 0.3) is 5.91 Å². The SMILES string of the molecule is Cc1ccc(N)c(C(=O)NCC2(O)CCOC2C)c1. The van der Waals surface area contributed by atoms with Crippen LogP contribution in [0.15, 0.2) is 18.2 Å². The minimum Gasteiger partial charge on any atom is -0.398 e. The van der Waals surface area contributed by atoms with Gasteiger partial charge in [-0.25, -0.2) is 0 Å². The van der Waals surface area contributed by atoms with Crippen LogP contribution in [0.4, 0.5) is 5.69 Å². The number of amides is 1. The monoisotopic (exact) mass is 264 g/mol. The molecule has 0 radical (unpaired) electrons. The quantitative estimate of drug-likeness (QED) is 0.706. The molecule has 1 aromatic carbocycles. The molecule has 4 N–H and O–H groups in total. The number of aryl methyl sites for hydroxylation is 1. The first-order valence-corrected chi connectivity index (χ1v) is 6.41. The van der Waals surface area contributed by atoms with Gasteiger partial charge < -0.3 is 20.9 Å². The zero-order valence-electron chi connectivity index (χ0n) is 11.3. The van der Waals surface area contributed by atoms with E-state index in [-0.39, 0.29) is 18.6 Å². The summed E-state index contributed by atoms with van der Waals surface area (Å²) in [5, 5.41) is 13.0. The second-order valence-corrected chi connectivity index (χ2v) is 5.14. The van der Waals surface area contributed by atoms with Crippen LogP contribution >= 0.6 is 0 Å². The highest BCUT2D eigenvalue weighted by Crippen LogP contribution is 2.25. The van der Waals surface area contributed by atoms with Crippen LogP contribution in [0.1, 0.15) is 29.3 Å². The van der Waals surface area contributed by atoms with E-state index in [1.807, 2.05) is 13.0 Å². The third-order valence-corrected chi connectivity index (χ3v) is 3.67. The van der Waals surface area contributed by atoms with E-state index < -0.39 is 5.60 Å². The molecule has 0 saturated carbocycles. The zero-order chi connectivity index (χ0) is 14.0. The molecule has 0 aliphatic carbocycles. The second-order valence-electron chi connectivity index (χ2n) is 5.14. The Kier molecular flexibility index (Phi) is 3.78. The lowest BCUT2D eigenvalue weighted by atomic mass is 9.96. The van der Waals surface area contributed by atoms with E-state index >= 15 is 0 Å². The van der Waals surface area contributed by atoms with Crippen molar-refractivity contribution in [2.45, 2.75) is 32.0 Å². The highest BCUT2D eigenvalue weighted by Gasteiger charge is 2.39. The lowest BCUT2D eigenvalue weighted by Gasteiger charge is -2.26. The van der Waals surface area contributed by atoms with Crippen LogP contribution < -0.4 is 11.1 Å². The number of ether oxygens (including phenoxy) is 1. The molecule has 1 aromatic rings. The number of hydrogen-bond acceptors (Lipinski definition) is 4. The van der Waals surface area contributed by atoms with E-state index in [0.717, 1.165) is 5.56 Å². The Hall–Kier alpha value is -1.59. The maximum Gasteiger partial charge on any atom is 0.253 e. The summed E-state index contributed by atoms with van der Waals surface area (Å²) < 4.78 is 5.32. The van der Waals surface area contributed by atoms with Crippen LogP contribution in [-0.4, -0.2) is 35.9 Å². The summed E-state index contributed by atoms with van der Waals surface area (Å²) in [6.45, 7) is 4.39. The van der Waals surface area contributed by atoms with Crippen LogP contribution in [0, 0.1) is 6.92 Å². The van der Waals surface area contributed by atoms with Gasteiger partial charge in [0, 0.05) is 25.3 Å². The number of carbonyl (C=O) groups is 1. The summed E-state index contributed by atoms with van der Waals surface area (Å²) in [4.78, 5) is 12.1. The van der Waals surface area contributed by atoms with Gasteiger partial charge >= 0.3 is 0 Å². The number of nitrogens with one attached hydrogen (secondary N) is 1. The highest BCUT2D eigenvalue weighted by molar-refractivity contribution is 5.99. The Balaban J connectivity index is 2.03. The summed E-state index contributed by atoms with van der Waals surface area (Å²) in [6.07, 6.45) is 0.250. The van der Waals surface area contributed by atoms with Crippen molar-refractivity contribution in [1.29, 1.82) is 0 Å². The normalized spacial score (nSPS) is 26.4. The summed E-state index contributed by atoms with van der Waals surface area (Å²) in [6, 6.07) is 5.30. The van der Waals surface area contributed by atoms with Crippen LogP contribution in [0.3, 0.4) is 0 Å². The standard InChI is InChI=1S/C14H20N2O3/c1-9-3-4-12(15)11(7-9)13(17)16-8-14(18)5-6-19-10(14)2/h3-4,7,10,18H,5-6,8,15H2,1-2H3,(H,16,17). The molecule has 104 valence electrons. The Labute approximate surface area is 112 Å². The van der Waals surface area contributed by atoms with Gasteiger partial charge in [-0.3, -0.25) is 4.79 Å². The Morgan fingerprint density at radius 3 is 3.00 bits per heavy atom. The van der Waals surface area contributed by atoms with E-state index in [9.17, 15) is 9.90 Å².